The fourth-order valence-electron chi connectivity index (χ4n) is 1.60. The summed E-state index contributed by atoms with van der Waals surface area (Å²) in [5.74, 6) is -0.0155. The summed E-state index contributed by atoms with van der Waals surface area (Å²) in [5, 5.41) is 9.87. The minimum Gasteiger partial charge on any atom is -0.387 e. The summed E-state index contributed by atoms with van der Waals surface area (Å²) in [5.41, 5.74) is 0. The number of nitrogens with one attached hydrogen (secondary N) is 1. The van der Waals surface area contributed by atoms with Gasteiger partial charge in [0.2, 0.25) is 10.0 Å². The lowest BCUT2D eigenvalue weighted by Crippen LogP contribution is -2.46. The lowest BCUT2D eigenvalue weighted by molar-refractivity contribution is 0.153. The first-order chi connectivity index (χ1) is 8.81. The number of hydrogen-bond donors (Lipinski definition) is 2. The number of sulfonamides is 1. The van der Waals surface area contributed by atoms with Crippen LogP contribution in [0.5, 0.6) is 0 Å². The number of thiophene rings is 1. The summed E-state index contributed by atoms with van der Waals surface area (Å²) in [6, 6.07) is 2.38. The van der Waals surface area contributed by atoms with Gasteiger partial charge in [-0.25, -0.2) is 13.1 Å². The number of halogens is 1. The highest BCUT2D eigenvalue weighted by Crippen LogP contribution is 2.26. The average Bonchev–Trinajstić information content (AvgIpc) is 2.81. The highest BCUT2D eigenvalue weighted by molar-refractivity contribution is 7.91. The van der Waals surface area contributed by atoms with Crippen LogP contribution in [0.4, 0.5) is 0 Å². The fourth-order valence-corrected chi connectivity index (χ4v) is 4.46. The molecule has 2 N–H and O–H groups in total. The molecule has 0 aliphatic rings. The molecule has 0 bridgehead atoms. The summed E-state index contributed by atoms with van der Waals surface area (Å²) in [4.78, 5) is 0. The Bertz CT molecular complexity index is 527. The van der Waals surface area contributed by atoms with E-state index in [1.807, 2.05) is 13.8 Å². The molecule has 4 nitrogen and oxygen atoms in total. The third-order valence-corrected chi connectivity index (χ3v) is 6.15. The molecule has 0 saturated heterocycles. The molecule has 3 atom stereocenters. The first kappa shape index (κ1) is 16.7. The molecule has 7 heteroatoms. The Balaban J connectivity index is 2.98. The van der Waals surface area contributed by atoms with E-state index in [-0.39, 0.29) is 10.1 Å². The minimum absolute atomic E-state index is 0.0155. The molecule has 0 aromatic carbocycles. The van der Waals surface area contributed by atoms with Gasteiger partial charge >= 0.3 is 0 Å². The zero-order valence-electron chi connectivity index (χ0n) is 10.8. The van der Waals surface area contributed by atoms with Crippen LogP contribution in [0.2, 0.25) is 4.34 Å². The third kappa shape index (κ3) is 4.29. The monoisotopic (exact) mass is 323 g/mol. The highest BCUT2D eigenvalue weighted by atomic mass is 35.5. The van der Waals surface area contributed by atoms with Gasteiger partial charge in [0.1, 0.15) is 4.21 Å². The molecule has 0 saturated carbocycles. The molecule has 0 aliphatic heterocycles. The predicted molar refractivity (Wildman–Crippen MR) is 79.1 cm³/mol. The maximum atomic E-state index is 12.2. The van der Waals surface area contributed by atoms with Crippen LogP contribution in [0.3, 0.4) is 0 Å². The van der Waals surface area contributed by atoms with E-state index in [0.717, 1.165) is 17.8 Å². The quantitative estimate of drug-likeness (QED) is 0.758. The number of hydrogen-bond acceptors (Lipinski definition) is 4. The van der Waals surface area contributed by atoms with Gasteiger partial charge in [-0.3, -0.25) is 0 Å². The van der Waals surface area contributed by atoms with E-state index >= 15 is 0 Å². The first-order valence-corrected chi connectivity index (χ1v) is 8.57. The van der Waals surface area contributed by atoms with Crippen LogP contribution >= 0.6 is 22.9 Å². The summed E-state index contributed by atoms with van der Waals surface area (Å²) >= 11 is 6.73. The Kier molecular flexibility index (Phi) is 6.01. The largest absolute Gasteiger partial charge is 0.387 e. The normalized spacial score (nSPS) is 16.8. The smallest absolute Gasteiger partial charge is 0.250 e. The maximum absolute atomic E-state index is 12.2. The van der Waals surface area contributed by atoms with Crippen LogP contribution in [0.1, 0.15) is 20.3 Å². The van der Waals surface area contributed by atoms with Crippen molar-refractivity contribution >= 4 is 33.0 Å². The van der Waals surface area contributed by atoms with Gasteiger partial charge in [0, 0.05) is 0 Å². The Morgan fingerprint density at radius 2 is 2.21 bits per heavy atom. The van der Waals surface area contributed by atoms with E-state index in [1.54, 1.807) is 0 Å². The van der Waals surface area contributed by atoms with Gasteiger partial charge in [-0.2, -0.15) is 0 Å². The van der Waals surface area contributed by atoms with Gasteiger partial charge < -0.3 is 5.11 Å². The van der Waals surface area contributed by atoms with E-state index in [4.69, 9.17) is 11.6 Å². The van der Waals surface area contributed by atoms with Crippen molar-refractivity contribution < 1.29 is 13.5 Å². The Labute approximate surface area is 123 Å². The van der Waals surface area contributed by atoms with Gasteiger partial charge in [-0.15, -0.1) is 17.9 Å². The fraction of sp³-hybridized carbons (Fsp3) is 0.500. The summed E-state index contributed by atoms with van der Waals surface area (Å²) in [7, 11) is -3.67. The maximum Gasteiger partial charge on any atom is 0.250 e. The molecule has 0 fully saturated rings. The van der Waals surface area contributed by atoms with Crippen LogP contribution in [0.15, 0.2) is 29.0 Å². The van der Waals surface area contributed by atoms with E-state index in [9.17, 15) is 13.5 Å². The molecular formula is C12H18ClNO3S2. The van der Waals surface area contributed by atoms with Crippen molar-refractivity contribution in [3.63, 3.8) is 0 Å². The third-order valence-electron chi connectivity index (χ3n) is 2.97. The molecule has 1 aromatic heterocycles. The Morgan fingerprint density at radius 1 is 1.58 bits per heavy atom. The molecule has 0 aliphatic carbocycles. The van der Waals surface area contributed by atoms with E-state index in [0.29, 0.717) is 4.34 Å². The molecule has 108 valence electrons. The molecule has 1 heterocycles. The van der Waals surface area contributed by atoms with E-state index in [1.165, 1.54) is 18.2 Å². The summed E-state index contributed by atoms with van der Waals surface area (Å²) < 4.78 is 27.5. The van der Waals surface area contributed by atoms with E-state index in [2.05, 4.69) is 11.3 Å². The molecule has 1 unspecified atom stereocenters. The van der Waals surface area contributed by atoms with Crippen molar-refractivity contribution in [3.05, 3.63) is 29.1 Å². The van der Waals surface area contributed by atoms with Crippen molar-refractivity contribution in [2.24, 2.45) is 5.92 Å². The Morgan fingerprint density at radius 3 is 2.63 bits per heavy atom. The second kappa shape index (κ2) is 6.85. The van der Waals surface area contributed by atoms with Gasteiger partial charge in [-0.05, 0) is 18.1 Å². The standard InChI is InChI=1S/C12H18ClNO3S2/c1-4-8(3)12(9(15)5-2)14-19(16,17)11-7-6-10(13)18-11/h5-9,12,14-15H,2,4H2,1,3H3/t8-,9-,12?/m0/s1. The molecule has 0 radical (unpaired) electrons. The zero-order chi connectivity index (χ0) is 14.6. The first-order valence-electron chi connectivity index (χ1n) is 5.90. The predicted octanol–water partition coefficient (Wildman–Crippen LogP) is 2.64. The van der Waals surface area contributed by atoms with Gasteiger partial charge in [0.15, 0.2) is 0 Å². The van der Waals surface area contributed by atoms with Crippen molar-refractivity contribution in [3.8, 4) is 0 Å². The van der Waals surface area contributed by atoms with Crippen LogP contribution in [-0.2, 0) is 10.0 Å². The van der Waals surface area contributed by atoms with Crippen LogP contribution in [0.25, 0.3) is 0 Å². The molecule has 1 rings (SSSR count). The topological polar surface area (TPSA) is 66.4 Å². The number of rotatable bonds is 7. The number of aliphatic hydroxyl groups excluding tert-OH is 1. The molecule has 19 heavy (non-hydrogen) atoms. The van der Waals surface area contributed by atoms with Gasteiger partial charge in [0.25, 0.3) is 0 Å². The highest BCUT2D eigenvalue weighted by Gasteiger charge is 2.28. The average molecular weight is 324 g/mol. The van der Waals surface area contributed by atoms with Crippen molar-refractivity contribution in [1.82, 2.24) is 4.72 Å². The van der Waals surface area contributed by atoms with E-state index < -0.39 is 22.2 Å². The van der Waals surface area contributed by atoms with Crippen molar-refractivity contribution in [2.75, 3.05) is 0 Å². The second-order valence-corrected chi connectivity index (χ2v) is 7.97. The van der Waals surface area contributed by atoms with Gasteiger partial charge in [-0.1, -0.05) is 37.9 Å². The SMILES string of the molecule is C=C[C@H](O)C(NS(=O)(=O)c1ccc(Cl)s1)[C@@H](C)CC. The lowest BCUT2D eigenvalue weighted by atomic mass is 9.95. The van der Waals surface area contributed by atoms with Crippen LogP contribution in [0, 0.1) is 5.92 Å². The summed E-state index contributed by atoms with van der Waals surface area (Å²) in [6.45, 7) is 7.31. The minimum atomic E-state index is -3.67. The summed E-state index contributed by atoms with van der Waals surface area (Å²) in [6.07, 6.45) is 1.14. The molecular weight excluding hydrogens is 306 g/mol. The lowest BCUT2D eigenvalue weighted by Gasteiger charge is -2.26. The molecule has 0 amide bonds. The van der Waals surface area contributed by atoms with Crippen molar-refractivity contribution in [2.45, 2.75) is 36.6 Å². The second-order valence-electron chi connectivity index (χ2n) is 4.32. The zero-order valence-corrected chi connectivity index (χ0v) is 13.2. The van der Waals surface area contributed by atoms with Crippen LogP contribution < -0.4 is 4.72 Å². The Hall–Kier alpha value is -0.400. The van der Waals surface area contributed by atoms with Gasteiger partial charge in [0.05, 0.1) is 16.5 Å². The van der Waals surface area contributed by atoms with Crippen molar-refractivity contribution in [1.29, 1.82) is 0 Å². The number of aliphatic hydroxyl groups is 1. The molecule has 0 spiro atoms. The molecule has 1 aromatic rings. The van der Waals surface area contributed by atoms with Crippen LogP contribution in [-0.4, -0.2) is 25.7 Å².